The Labute approximate surface area is 110 Å². The van der Waals surface area contributed by atoms with Gasteiger partial charge >= 0.3 is 0 Å². The largest absolute Gasteiger partial charge is 0.361 e. The third kappa shape index (κ3) is 3.09. The molecule has 0 aliphatic rings. The van der Waals surface area contributed by atoms with Crippen molar-refractivity contribution < 1.29 is 9.32 Å². The Hall–Kier alpha value is -2.37. The van der Waals surface area contributed by atoms with Crippen LogP contribution in [0.2, 0.25) is 0 Å². The second-order valence-electron chi connectivity index (χ2n) is 4.28. The molecular formula is C13H15N3O3. The predicted octanol–water partition coefficient (Wildman–Crippen LogP) is 0.654. The molecule has 6 nitrogen and oxygen atoms in total. The first kappa shape index (κ1) is 13.1. The Balaban J connectivity index is 1.94. The second kappa shape index (κ2) is 5.51. The number of hydrogen-bond acceptors (Lipinski definition) is 4. The van der Waals surface area contributed by atoms with Gasteiger partial charge in [0.25, 0.3) is 11.5 Å². The highest BCUT2D eigenvalue weighted by Crippen LogP contribution is 2.02. The lowest BCUT2D eigenvalue weighted by Crippen LogP contribution is -2.32. The van der Waals surface area contributed by atoms with Gasteiger partial charge in [0.1, 0.15) is 11.3 Å². The van der Waals surface area contributed by atoms with Gasteiger partial charge in [0.15, 0.2) is 0 Å². The van der Waals surface area contributed by atoms with Crippen LogP contribution >= 0.6 is 0 Å². The summed E-state index contributed by atoms with van der Waals surface area (Å²) in [5.74, 6) is 0.330. The summed E-state index contributed by atoms with van der Waals surface area (Å²) in [7, 11) is 1.61. The molecule has 2 heterocycles. The summed E-state index contributed by atoms with van der Waals surface area (Å²) in [5.41, 5.74) is 0.632. The number of nitrogens with one attached hydrogen (secondary N) is 1. The lowest BCUT2D eigenvalue weighted by molar-refractivity contribution is 0.0951. The molecule has 100 valence electrons. The van der Waals surface area contributed by atoms with Gasteiger partial charge in [0.05, 0.1) is 5.69 Å². The van der Waals surface area contributed by atoms with E-state index in [4.69, 9.17) is 4.52 Å². The van der Waals surface area contributed by atoms with Gasteiger partial charge in [0.2, 0.25) is 0 Å². The van der Waals surface area contributed by atoms with E-state index in [9.17, 15) is 9.59 Å². The quantitative estimate of drug-likeness (QED) is 0.876. The van der Waals surface area contributed by atoms with Crippen molar-refractivity contribution in [2.45, 2.75) is 13.3 Å². The molecule has 2 rings (SSSR count). The van der Waals surface area contributed by atoms with Gasteiger partial charge in [0, 0.05) is 32.3 Å². The molecule has 0 saturated carbocycles. The molecule has 0 aromatic carbocycles. The molecule has 0 saturated heterocycles. The molecular weight excluding hydrogens is 246 g/mol. The molecule has 19 heavy (non-hydrogen) atoms. The Morgan fingerprint density at radius 2 is 2.32 bits per heavy atom. The molecule has 2 aromatic heterocycles. The fourth-order valence-electron chi connectivity index (χ4n) is 1.70. The molecule has 2 aromatic rings. The van der Waals surface area contributed by atoms with Crippen molar-refractivity contribution in [3.05, 3.63) is 51.8 Å². The minimum absolute atomic E-state index is 0.138. The molecule has 0 atom stereocenters. The summed E-state index contributed by atoms with van der Waals surface area (Å²) in [5, 5.41) is 6.44. The Bertz CT molecular complexity index is 643. The average molecular weight is 261 g/mol. The number of nitrogens with zero attached hydrogens (tertiary/aromatic N) is 2. The van der Waals surface area contributed by atoms with Gasteiger partial charge in [-0.15, -0.1) is 0 Å². The summed E-state index contributed by atoms with van der Waals surface area (Å²) >= 11 is 0. The van der Waals surface area contributed by atoms with E-state index in [1.165, 1.54) is 10.6 Å². The van der Waals surface area contributed by atoms with Gasteiger partial charge in [-0.25, -0.2) is 0 Å². The summed E-state index contributed by atoms with van der Waals surface area (Å²) in [4.78, 5) is 23.6. The van der Waals surface area contributed by atoms with Crippen LogP contribution in [0.15, 0.2) is 33.7 Å². The van der Waals surface area contributed by atoms with Crippen LogP contribution < -0.4 is 10.9 Å². The van der Waals surface area contributed by atoms with Crippen molar-refractivity contribution >= 4 is 5.91 Å². The van der Waals surface area contributed by atoms with Crippen LogP contribution in [0.1, 0.15) is 21.8 Å². The van der Waals surface area contributed by atoms with Crippen molar-refractivity contribution in [2.75, 3.05) is 6.54 Å². The van der Waals surface area contributed by atoms with E-state index in [1.54, 1.807) is 19.3 Å². The molecule has 1 amide bonds. The van der Waals surface area contributed by atoms with Crippen LogP contribution in [0, 0.1) is 6.92 Å². The molecule has 0 spiro atoms. The Morgan fingerprint density at radius 3 is 3.00 bits per heavy atom. The molecule has 1 N–H and O–H groups in total. The van der Waals surface area contributed by atoms with E-state index in [1.807, 2.05) is 13.0 Å². The van der Waals surface area contributed by atoms with E-state index in [-0.39, 0.29) is 17.0 Å². The lowest BCUT2D eigenvalue weighted by atomic mass is 10.2. The smallest absolute Gasteiger partial charge is 0.263 e. The molecule has 0 bridgehead atoms. The maximum absolute atomic E-state index is 11.8. The van der Waals surface area contributed by atoms with E-state index in [2.05, 4.69) is 10.5 Å². The lowest BCUT2D eigenvalue weighted by Gasteiger charge is -2.04. The van der Waals surface area contributed by atoms with Crippen LogP contribution in [-0.4, -0.2) is 22.2 Å². The standard InChI is InChI=1S/C13H15N3O3/c1-9-8-10(19-15-9)5-6-14-12(17)11-4-3-7-16(2)13(11)18/h3-4,7-8H,5-6H2,1-2H3,(H,14,17). The number of rotatable bonds is 4. The van der Waals surface area contributed by atoms with Gasteiger partial charge in [-0.05, 0) is 19.1 Å². The number of amides is 1. The van der Waals surface area contributed by atoms with E-state index >= 15 is 0 Å². The summed E-state index contributed by atoms with van der Waals surface area (Å²) in [6.07, 6.45) is 2.15. The first-order valence-electron chi connectivity index (χ1n) is 5.94. The number of hydrogen-bond donors (Lipinski definition) is 1. The highest BCUT2D eigenvalue weighted by Gasteiger charge is 2.10. The molecule has 0 aliphatic heterocycles. The van der Waals surface area contributed by atoms with E-state index in [0.29, 0.717) is 18.7 Å². The van der Waals surface area contributed by atoms with Gasteiger partial charge < -0.3 is 14.4 Å². The van der Waals surface area contributed by atoms with Crippen LogP contribution in [0.4, 0.5) is 0 Å². The topological polar surface area (TPSA) is 77.1 Å². The Kier molecular flexibility index (Phi) is 3.79. The highest BCUT2D eigenvalue weighted by atomic mass is 16.5. The maximum Gasteiger partial charge on any atom is 0.263 e. The monoisotopic (exact) mass is 261 g/mol. The van der Waals surface area contributed by atoms with Crippen molar-refractivity contribution in [3.8, 4) is 0 Å². The van der Waals surface area contributed by atoms with Gasteiger partial charge in [-0.1, -0.05) is 5.16 Å². The number of carbonyl (C=O) groups is 1. The first-order valence-corrected chi connectivity index (χ1v) is 5.94. The third-order valence-electron chi connectivity index (χ3n) is 2.70. The zero-order chi connectivity index (χ0) is 13.8. The summed E-state index contributed by atoms with van der Waals surface area (Å²) < 4.78 is 6.40. The maximum atomic E-state index is 11.8. The van der Waals surface area contributed by atoms with Crippen LogP contribution in [-0.2, 0) is 13.5 Å². The highest BCUT2D eigenvalue weighted by molar-refractivity contribution is 5.93. The average Bonchev–Trinajstić information content (AvgIpc) is 2.78. The fourth-order valence-corrected chi connectivity index (χ4v) is 1.70. The molecule has 0 unspecified atom stereocenters. The van der Waals surface area contributed by atoms with Crippen LogP contribution in [0.3, 0.4) is 0 Å². The first-order chi connectivity index (χ1) is 9.08. The van der Waals surface area contributed by atoms with Crippen LogP contribution in [0.5, 0.6) is 0 Å². The van der Waals surface area contributed by atoms with E-state index in [0.717, 1.165) is 5.69 Å². The molecule has 0 fully saturated rings. The summed E-state index contributed by atoms with van der Waals surface area (Å²) in [6, 6.07) is 4.99. The van der Waals surface area contributed by atoms with E-state index < -0.39 is 0 Å². The van der Waals surface area contributed by atoms with Gasteiger partial charge in [-0.2, -0.15) is 0 Å². The molecule has 0 aliphatic carbocycles. The number of aryl methyl sites for hydroxylation is 2. The number of pyridine rings is 1. The second-order valence-corrected chi connectivity index (χ2v) is 4.28. The predicted molar refractivity (Wildman–Crippen MR) is 69.0 cm³/mol. The van der Waals surface area contributed by atoms with Crippen molar-refractivity contribution in [3.63, 3.8) is 0 Å². The minimum atomic E-state index is -0.377. The van der Waals surface area contributed by atoms with Gasteiger partial charge in [-0.3, -0.25) is 9.59 Å². The summed E-state index contributed by atoms with van der Waals surface area (Å²) in [6.45, 7) is 2.23. The van der Waals surface area contributed by atoms with Crippen molar-refractivity contribution in [1.29, 1.82) is 0 Å². The zero-order valence-electron chi connectivity index (χ0n) is 10.8. The fraction of sp³-hybridized carbons (Fsp3) is 0.308. The Morgan fingerprint density at radius 1 is 1.53 bits per heavy atom. The van der Waals surface area contributed by atoms with Crippen LogP contribution in [0.25, 0.3) is 0 Å². The molecule has 0 radical (unpaired) electrons. The normalized spacial score (nSPS) is 10.4. The zero-order valence-corrected chi connectivity index (χ0v) is 10.8. The third-order valence-corrected chi connectivity index (χ3v) is 2.70. The SMILES string of the molecule is Cc1cc(CCNC(=O)c2cccn(C)c2=O)on1. The number of carbonyl (C=O) groups excluding carboxylic acids is 1. The van der Waals surface area contributed by atoms with Crippen molar-refractivity contribution in [2.24, 2.45) is 7.05 Å². The number of aromatic nitrogens is 2. The van der Waals surface area contributed by atoms with Crippen molar-refractivity contribution in [1.82, 2.24) is 15.0 Å². The molecule has 6 heteroatoms. The minimum Gasteiger partial charge on any atom is -0.361 e.